The van der Waals surface area contributed by atoms with E-state index in [2.05, 4.69) is 44.0 Å². The zero-order valence-corrected chi connectivity index (χ0v) is 15.0. The summed E-state index contributed by atoms with van der Waals surface area (Å²) in [6.45, 7) is 11.0. The number of benzene rings is 1. The van der Waals surface area contributed by atoms with E-state index < -0.39 is 0 Å². The molecule has 0 unspecified atom stereocenters. The van der Waals surface area contributed by atoms with Gasteiger partial charge in [0.1, 0.15) is 10.8 Å². The molecule has 0 spiro atoms. The Labute approximate surface area is 138 Å². The van der Waals surface area contributed by atoms with Crippen molar-refractivity contribution in [2.24, 2.45) is 5.92 Å². The first-order chi connectivity index (χ1) is 10.5. The summed E-state index contributed by atoms with van der Waals surface area (Å²) < 4.78 is 5.29. The van der Waals surface area contributed by atoms with Crippen molar-refractivity contribution in [3.8, 4) is 16.3 Å². The molecule has 4 heteroatoms. The van der Waals surface area contributed by atoms with Crippen molar-refractivity contribution < 1.29 is 4.74 Å². The Bertz CT molecular complexity index is 592. The molecule has 0 fully saturated rings. The van der Waals surface area contributed by atoms with Gasteiger partial charge in [-0.3, -0.25) is 4.90 Å². The largest absolute Gasteiger partial charge is 0.497 e. The number of methoxy groups -OCH3 is 1. The summed E-state index contributed by atoms with van der Waals surface area (Å²) in [5.74, 6) is 1.54. The van der Waals surface area contributed by atoms with Crippen LogP contribution in [0.5, 0.6) is 5.75 Å². The number of hydrogen-bond donors (Lipinski definition) is 0. The van der Waals surface area contributed by atoms with Crippen LogP contribution in [0.3, 0.4) is 0 Å². The molecule has 22 heavy (non-hydrogen) atoms. The van der Waals surface area contributed by atoms with Crippen molar-refractivity contribution in [3.05, 3.63) is 35.3 Å². The Morgan fingerprint density at radius 2 is 2.00 bits per heavy atom. The molecule has 0 saturated carbocycles. The van der Waals surface area contributed by atoms with E-state index in [0.29, 0.717) is 12.0 Å². The molecular formula is C18H26N2OS. The number of rotatable bonds is 7. The maximum absolute atomic E-state index is 5.29. The van der Waals surface area contributed by atoms with Crippen molar-refractivity contribution in [1.82, 2.24) is 9.88 Å². The van der Waals surface area contributed by atoms with Gasteiger partial charge in [-0.2, -0.15) is 0 Å². The van der Waals surface area contributed by atoms with Crippen LogP contribution >= 0.6 is 11.3 Å². The Hall–Kier alpha value is -1.39. The minimum atomic E-state index is 0.532. The van der Waals surface area contributed by atoms with Gasteiger partial charge >= 0.3 is 0 Å². The second-order valence-electron chi connectivity index (χ2n) is 6.29. The average Bonchev–Trinajstić information content (AvgIpc) is 2.94. The second kappa shape index (κ2) is 7.75. The van der Waals surface area contributed by atoms with E-state index >= 15 is 0 Å². The maximum Gasteiger partial charge on any atom is 0.123 e. The Morgan fingerprint density at radius 1 is 1.23 bits per heavy atom. The van der Waals surface area contributed by atoms with Gasteiger partial charge in [-0.25, -0.2) is 4.98 Å². The van der Waals surface area contributed by atoms with Crippen LogP contribution in [0.15, 0.2) is 29.6 Å². The third kappa shape index (κ3) is 4.55. The third-order valence-electron chi connectivity index (χ3n) is 3.56. The monoisotopic (exact) mass is 318 g/mol. The highest BCUT2D eigenvalue weighted by Crippen LogP contribution is 2.27. The number of ether oxygens (including phenoxy) is 1. The van der Waals surface area contributed by atoms with Gasteiger partial charge in [-0.05, 0) is 31.9 Å². The van der Waals surface area contributed by atoms with Crippen molar-refractivity contribution in [2.45, 2.75) is 40.3 Å². The van der Waals surface area contributed by atoms with Crippen molar-refractivity contribution in [1.29, 1.82) is 0 Å². The molecule has 0 amide bonds. The predicted octanol–water partition coefficient (Wildman–Crippen LogP) is 4.69. The fourth-order valence-corrected chi connectivity index (χ4v) is 3.21. The summed E-state index contributed by atoms with van der Waals surface area (Å²) in [5, 5.41) is 3.23. The molecular weight excluding hydrogens is 292 g/mol. The van der Waals surface area contributed by atoms with E-state index in [4.69, 9.17) is 9.72 Å². The lowest BCUT2D eigenvalue weighted by atomic mass is 10.1. The van der Waals surface area contributed by atoms with Gasteiger partial charge in [0.15, 0.2) is 0 Å². The predicted molar refractivity (Wildman–Crippen MR) is 94.5 cm³/mol. The summed E-state index contributed by atoms with van der Waals surface area (Å²) in [4.78, 5) is 7.29. The van der Waals surface area contributed by atoms with Crippen LogP contribution < -0.4 is 4.74 Å². The first-order valence-electron chi connectivity index (χ1n) is 7.82. The van der Waals surface area contributed by atoms with Crippen LogP contribution in [-0.2, 0) is 6.54 Å². The molecule has 0 saturated heterocycles. The molecule has 0 radical (unpaired) electrons. The number of thiazole rings is 1. The van der Waals surface area contributed by atoms with Gasteiger partial charge in [-0.1, -0.05) is 26.0 Å². The molecule has 2 aromatic rings. The van der Waals surface area contributed by atoms with Crippen LogP contribution in [0, 0.1) is 5.92 Å². The number of nitrogens with zero attached hydrogens (tertiary/aromatic N) is 2. The fourth-order valence-electron chi connectivity index (χ4n) is 2.40. The molecule has 0 aliphatic heterocycles. The van der Waals surface area contributed by atoms with Gasteiger partial charge in [-0.15, -0.1) is 11.3 Å². The van der Waals surface area contributed by atoms with Gasteiger partial charge < -0.3 is 4.74 Å². The summed E-state index contributed by atoms with van der Waals surface area (Å²) in [6, 6.07) is 8.62. The highest BCUT2D eigenvalue weighted by Gasteiger charge is 2.14. The first-order valence-corrected chi connectivity index (χ1v) is 8.70. The lowest BCUT2D eigenvalue weighted by Gasteiger charge is -2.27. The van der Waals surface area contributed by atoms with Gasteiger partial charge in [0.05, 0.1) is 12.8 Å². The topological polar surface area (TPSA) is 25.4 Å². The molecule has 3 nitrogen and oxygen atoms in total. The molecule has 1 aromatic carbocycles. The highest BCUT2D eigenvalue weighted by atomic mass is 32.1. The minimum absolute atomic E-state index is 0.532. The molecule has 1 heterocycles. The molecule has 1 aromatic heterocycles. The normalized spacial score (nSPS) is 11.6. The Balaban J connectivity index is 2.13. The van der Waals surface area contributed by atoms with Gasteiger partial charge in [0.25, 0.3) is 0 Å². The van der Waals surface area contributed by atoms with Crippen molar-refractivity contribution in [3.63, 3.8) is 0 Å². The molecule has 0 bridgehead atoms. The first kappa shape index (κ1) is 17.0. The molecule has 120 valence electrons. The van der Waals surface area contributed by atoms with E-state index in [9.17, 15) is 0 Å². The Kier molecular flexibility index (Phi) is 5.98. The number of hydrogen-bond acceptors (Lipinski definition) is 4. The third-order valence-corrected chi connectivity index (χ3v) is 4.50. The molecule has 0 aliphatic carbocycles. The minimum Gasteiger partial charge on any atom is -0.497 e. The molecule has 0 aliphatic rings. The lowest BCUT2D eigenvalue weighted by Crippen LogP contribution is -2.33. The van der Waals surface area contributed by atoms with Crippen LogP contribution in [0.1, 0.15) is 33.4 Å². The lowest BCUT2D eigenvalue weighted by molar-refractivity contribution is 0.187. The smallest absolute Gasteiger partial charge is 0.123 e. The van der Waals surface area contributed by atoms with Gasteiger partial charge in [0, 0.05) is 30.1 Å². The number of aromatic nitrogens is 1. The molecule has 0 atom stereocenters. The van der Waals surface area contributed by atoms with Crippen molar-refractivity contribution >= 4 is 11.3 Å². The van der Waals surface area contributed by atoms with Crippen LogP contribution in [-0.4, -0.2) is 29.6 Å². The molecule has 2 rings (SSSR count). The second-order valence-corrected chi connectivity index (χ2v) is 7.15. The SMILES string of the molecule is COc1cccc(-c2nc(CN(CC(C)C)C(C)C)cs2)c1. The summed E-state index contributed by atoms with van der Waals surface area (Å²) in [6.07, 6.45) is 0. The van der Waals surface area contributed by atoms with E-state index in [0.717, 1.165) is 35.1 Å². The quantitative estimate of drug-likeness (QED) is 0.741. The van der Waals surface area contributed by atoms with Crippen LogP contribution in [0.25, 0.3) is 10.6 Å². The summed E-state index contributed by atoms with van der Waals surface area (Å²) >= 11 is 1.70. The molecule has 0 N–H and O–H groups in total. The standard InChI is InChI=1S/C18H26N2OS/c1-13(2)10-20(14(3)4)11-16-12-22-18(19-16)15-7-6-8-17(9-15)21-5/h6-9,12-14H,10-11H2,1-5H3. The van der Waals surface area contributed by atoms with E-state index in [-0.39, 0.29) is 0 Å². The van der Waals surface area contributed by atoms with Crippen LogP contribution in [0.4, 0.5) is 0 Å². The van der Waals surface area contributed by atoms with E-state index in [1.54, 1.807) is 18.4 Å². The summed E-state index contributed by atoms with van der Waals surface area (Å²) in [7, 11) is 1.69. The highest BCUT2D eigenvalue weighted by molar-refractivity contribution is 7.13. The van der Waals surface area contributed by atoms with E-state index in [1.807, 2.05) is 18.2 Å². The van der Waals surface area contributed by atoms with Crippen molar-refractivity contribution in [2.75, 3.05) is 13.7 Å². The van der Waals surface area contributed by atoms with Crippen LogP contribution in [0.2, 0.25) is 0 Å². The zero-order chi connectivity index (χ0) is 16.1. The Morgan fingerprint density at radius 3 is 2.64 bits per heavy atom. The van der Waals surface area contributed by atoms with E-state index in [1.165, 1.54) is 0 Å². The average molecular weight is 318 g/mol. The zero-order valence-electron chi connectivity index (χ0n) is 14.2. The summed E-state index contributed by atoms with van der Waals surface area (Å²) in [5.41, 5.74) is 2.27. The van der Waals surface area contributed by atoms with Gasteiger partial charge in [0.2, 0.25) is 0 Å². The fraction of sp³-hybridized carbons (Fsp3) is 0.500. The maximum atomic E-state index is 5.29.